The minimum atomic E-state index is 0.698. The molecule has 7 aromatic carbocycles. The molecule has 0 bridgehead atoms. The van der Waals surface area contributed by atoms with Gasteiger partial charge in [-0.2, -0.15) is 0 Å². The van der Waals surface area contributed by atoms with Gasteiger partial charge in [-0.15, -0.1) is 11.3 Å². The monoisotopic (exact) mass is 668 g/mol. The molecule has 0 N–H and O–H groups in total. The van der Waals surface area contributed by atoms with Crippen molar-refractivity contribution in [2.45, 2.75) is 0 Å². The number of thiophene rings is 1. The van der Waals surface area contributed by atoms with Crippen molar-refractivity contribution in [3.8, 4) is 34.0 Å². The first-order valence-electron chi connectivity index (χ1n) is 17.2. The highest BCUT2D eigenvalue weighted by atomic mass is 32.1. The van der Waals surface area contributed by atoms with E-state index in [1.807, 2.05) is 0 Å². The molecule has 0 fully saturated rings. The Labute approximate surface area is 297 Å². The van der Waals surface area contributed by atoms with E-state index in [0.29, 0.717) is 5.82 Å². The van der Waals surface area contributed by atoms with Gasteiger partial charge in [-0.1, -0.05) is 127 Å². The SMILES string of the molecule is c1ccc(-c2cccc3c2c2ccccc2n3-c2nc(-c3ccccc3-n3c4ccccc4c4ccccc43)nc3c2sc2ccccc23)cc1. The van der Waals surface area contributed by atoms with Crippen molar-refractivity contribution in [3.63, 3.8) is 0 Å². The summed E-state index contributed by atoms with van der Waals surface area (Å²) in [5.74, 6) is 1.59. The van der Waals surface area contributed by atoms with Crippen LogP contribution in [-0.2, 0) is 0 Å². The molecule has 4 aromatic heterocycles. The first-order valence-corrected chi connectivity index (χ1v) is 18.0. The van der Waals surface area contributed by atoms with Crippen LogP contribution in [0.15, 0.2) is 170 Å². The topological polar surface area (TPSA) is 35.6 Å². The van der Waals surface area contributed by atoms with Crippen molar-refractivity contribution in [2.24, 2.45) is 0 Å². The summed E-state index contributed by atoms with van der Waals surface area (Å²) in [5, 5.41) is 6.01. The molecule has 238 valence electrons. The molecule has 0 unspecified atom stereocenters. The van der Waals surface area contributed by atoms with Gasteiger partial charge in [-0.3, -0.25) is 4.57 Å². The van der Waals surface area contributed by atoms with E-state index in [-0.39, 0.29) is 0 Å². The fourth-order valence-electron chi connectivity index (χ4n) is 7.99. The molecule has 0 radical (unpaired) electrons. The third-order valence-corrected chi connectivity index (χ3v) is 11.3. The molecule has 11 aromatic rings. The Morgan fingerprint density at radius 1 is 0.412 bits per heavy atom. The van der Waals surface area contributed by atoms with Crippen LogP contribution in [0.25, 0.3) is 97.9 Å². The molecule has 0 saturated heterocycles. The lowest BCUT2D eigenvalue weighted by Crippen LogP contribution is -2.04. The first-order chi connectivity index (χ1) is 25.3. The highest BCUT2D eigenvalue weighted by molar-refractivity contribution is 7.26. The number of hydrogen-bond donors (Lipinski definition) is 0. The fourth-order valence-corrected chi connectivity index (χ4v) is 9.12. The summed E-state index contributed by atoms with van der Waals surface area (Å²) in [6, 6.07) is 60.5. The van der Waals surface area contributed by atoms with Crippen molar-refractivity contribution < 1.29 is 0 Å². The highest BCUT2D eigenvalue weighted by Gasteiger charge is 2.23. The zero-order valence-corrected chi connectivity index (χ0v) is 28.2. The van der Waals surface area contributed by atoms with Gasteiger partial charge < -0.3 is 4.57 Å². The number of aromatic nitrogens is 4. The van der Waals surface area contributed by atoms with Gasteiger partial charge in [0.1, 0.15) is 0 Å². The average molecular weight is 669 g/mol. The van der Waals surface area contributed by atoms with Crippen LogP contribution in [0.3, 0.4) is 0 Å². The Morgan fingerprint density at radius 2 is 0.980 bits per heavy atom. The van der Waals surface area contributed by atoms with Gasteiger partial charge in [0.25, 0.3) is 0 Å². The number of benzene rings is 7. The van der Waals surface area contributed by atoms with Gasteiger partial charge in [0, 0.05) is 37.2 Å². The minimum Gasteiger partial charge on any atom is -0.309 e. The summed E-state index contributed by atoms with van der Waals surface area (Å²) in [5.41, 5.74) is 9.96. The molecule has 4 heterocycles. The summed E-state index contributed by atoms with van der Waals surface area (Å²) in [6.07, 6.45) is 0. The van der Waals surface area contributed by atoms with Gasteiger partial charge in [-0.05, 0) is 53.6 Å². The quantitative estimate of drug-likeness (QED) is 0.187. The van der Waals surface area contributed by atoms with Crippen molar-refractivity contribution in [1.82, 2.24) is 19.1 Å². The Kier molecular flexibility index (Phi) is 6.09. The van der Waals surface area contributed by atoms with Gasteiger partial charge >= 0.3 is 0 Å². The predicted molar refractivity (Wildman–Crippen MR) is 214 cm³/mol. The van der Waals surface area contributed by atoms with E-state index >= 15 is 0 Å². The molecule has 4 nitrogen and oxygen atoms in total. The molecule has 0 aliphatic heterocycles. The van der Waals surface area contributed by atoms with Crippen LogP contribution in [0, 0.1) is 0 Å². The molecule has 0 aliphatic carbocycles. The van der Waals surface area contributed by atoms with Gasteiger partial charge in [0.2, 0.25) is 0 Å². The number of hydrogen-bond acceptors (Lipinski definition) is 3. The number of fused-ring (bicyclic) bond motifs is 9. The van der Waals surface area contributed by atoms with E-state index in [1.54, 1.807) is 11.3 Å². The van der Waals surface area contributed by atoms with E-state index < -0.39 is 0 Å². The van der Waals surface area contributed by atoms with Crippen LogP contribution in [0.2, 0.25) is 0 Å². The average Bonchev–Trinajstić information content (AvgIpc) is 3.86. The van der Waals surface area contributed by atoms with Crippen molar-refractivity contribution in [2.75, 3.05) is 0 Å². The molecule has 5 heteroatoms. The lowest BCUT2D eigenvalue weighted by Gasteiger charge is -2.15. The maximum Gasteiger partial charge on any atom is 0.164 e. The largest absolute Gasteiger partial charge is 0.309 e. The summed E-state index contributed by atoms with van der Waals surface area (Å²) in [4.78, 5) is 11.0. The number of para-hydroxylation sites is 4. The lowest BCUT2D eigenvalue weighted by molar-refractivity contribution is 1.07. The van der Waals surface area contributed by atoms with Crippen LogP contribution in [0.1, 0.15) is 0 Å². The van der Waals surface area contributed by atoms with E-state index in [9.17, 15) is 0 Å². The molecule has 0 aliphatic rings. The molecule has 0 spiro atoms. The highest BCUT2D eigenvalue weighted by Crippen LogP contribution is 2.43. The second-order valence-electron chi connectivity index (χ2n) is 13.0. The normalized spacial score (nSPS) is 11.9. The lowest BCUT2D eigenvalue weighted by atomic mass is 9.99. The minimum absolute atomic E-state index is 0.698. The predicted octanol–water partition coefficient (Wildman–Crippen LogP) is 12.4. The molecular formula is C46H28N4S. The molecule has 0 amide bonds. The Balaban J connectivity index is 1.26. The second kappa shape index (κ2) is 11.0. The van der Waals surface area contributed by atoms with E-state index in [4.69, 9.17) is 9.97 Å². The van der Waals surface area contributed by atoms with E-state index in [2.05, 4.69) is 179 Å². The van der Waals surface area contributed by atoms with Crippen LogP contribution in [0.5, 0.6) is 0 Å². The number of rotatable bonds is 4. The number of nitrogens with zero attached hydrogens (tertiary/aromatic N) is 4. The Hall–Kier alpha value is -6.56. The van der Waals surface area contributed by atoms with Crippen molar-refractivity contribution >= 4 is 75.3 Å². The van der Waals surface area contributed by atoms with Crippen molar-refractivity contribution in [3.05, 3.63) is 170 Å². The molecule has 0 atom stereocenters. The summed E-state index contributed by atoms with van der Waals surface area (Å²) in [6.45, 7) is 0. The van der Waals surface area contributed by atoms with E-state index in [1.165, 1.54) is 37.4 Å². The Morgan fingerprint density at radius 3 is 1.75 bits per heavy atom. The maximum absolute atomic E-state index is 5.59. The van der Waals surface area contributed by atoms with Gasteiger partial charge in [0.05, 0.1) is 38.0 Å². The zero-order valence-electron chi connectivity index (χ0n) is 27.4. The van der Waals surface area contributed by atoms with E-state index in [0.717, 1.165) is 54.7 Å². The molecule has 51 heavy (non-hydrogen) atoms. The third-order valence-electron chi connectivity index (χ3n) is 10.2. The summed E-state index contributed by atoms with van der Waals surface area (Å²) >= 11 is 1.76. The van der Waals surface area contributed by atoms with Crippen LogP contribution >= 0.6 is 11.3 Å². The fraction of sp³-hybridized carbons (Fsp3) is 0. The standard InChI is InChI=1S/C46H28N4S/c1-2-15-29(16-3-1)30-22-14-27-40-42(30)33-19-6-11-25-38(33)50(40)46-44-43(35-21-8-13-28-41(35)51-44)47-45(48-46)34-20-7-12-26-39(34)49-36-23-9-4-17-31(36)32-18-5-10-24-37(32)49/h1-28H. The summed E-state index contributed by atoms with van der Waals surface area (Å²) < 4.78 is 7.00. The maximum atomic E-state index is 5.59. The second-order valence-corrected chi connectivity index (χ2v) is 14.0. The Bertz CT molecular complexity index is 3090. The first kappa shape index (κ1) is 28.3. The molecule has 0 saturated carbocycles. The third kappa shape index (κ3) is 4.13. The molecule has 11 rings (SSSR count). The van der Waals surface area contributed by atoms with Gasteiger partial charge in [-0.25, -0.2) is 9.97 Å². The van der Waals surface area contributed by atoms with Crippen LogP contribution < -0.4 is 0 Å². The smallest absolute Gasteiger partial charge is 0.164 e. The molecular weight excluding hydrogens is 641 g/mol. The summed E-state index contributed by atoms with van der Waals surface area (Å²) in [7, 11) is 0. The van der Waals surface area contributed by atoms with Crippen LogP contribution in [-0.4, -0.2) is 19.1 Å². The van der Waals surface area contributed by atoms with Gasteiger partial charge in [0.15, 0.2) is 11.6 Å². The zero-order chi connectivity index (χ0) is 33.5. The van der Waals surface area contributed by atoms with Crippen molar-refractivity contribution in [1.29, 1.82) is 0 Å². The van der Waals surface area contributed by atoms with Crippen LogP contribution in [0.4, 0.5) is 0 Å².